The van der Waals surface area contributed by atoms with Gasteiger partial charge >= 0.3 is 0 Å². The lowest BCUT2D eigenvalue weighted by molar-refractivity contribution is 0.101. The van der Waals surface area contributed by atoms with Gasteiger partial charge in [0, 0.05) is 43.9 Å². The Balaban J connectivity index is 0.00000144. The third-order valence-corrected chi connectivity index (χ3v) is 5.09. The van der Waals surface area contributed by atoms with Crippen LogP contribution < -0.4 is 11.1 Å². The Morgan fingerprint density at radius 3 is 2.38 bits per heavy atom. The largest absolute Gasteiger partial charge is 0.505 e. The number of nitrogens with one attached hydrogen (secondary N) is 1. The Kier molecular flexibility index (Phi) is 8.57. The molecular formula is C17H28Cl2FN3O. The van der Waals surface area contributed by atoms with Crippen molar-refractivity contribution in [3.8, 4) is 5.75 Å². The molecule has 4 nitrogen and oxygen atoms in total. The van der Waals surface area contributed by atoms with E-state index >= 15 is 0 Å². The van der Waals surface area contributed by atoms with Crippen LogP contribution in [-0.4, -0.2) is 36.2 Å². The highest BCUT2D eigenvalue weighted by Crippen LogP contribution is 2.43. The Labute approximate surface area is 155 Å². The molecule has 1 atom stereocenters. The fourth-order valence-electron chi connectivity index (χ4n) is 4.03. The van der Waals surface area contributed by atoms with Crippen molar-refractivity contribution in [2.45, 2.75) is 38.1 Å². The Morgan fingerprint density at radius 1 is 1.12 bits per heavy atom. The molecule has 2 fully saturated rings. The maximum atomic E-state index is 13.9. The minimum atomic E-state index is -0.360. The zero-order valence-corrected chi connectivity index (χ0v) is 15.5. The van der Waals surface area contributed by atoms with E-state index in [0.717, 1.165) is 39.0 Å². The first-order valence-corrected chi connectivity index (χ1v) is 8.39. The van der Waals surface area contributed by atoms with E-state index < -0.39 is 0 Å². The highest BCUT2D eigenvalue weighted by molar-refractivity contribution is 5.85. The highest BCUT2D eigenvalue weighted by Gasteiger charge is 2.33. The monoisotopic (exact) mass is 379 g/mol. The van der Waals surface area contributed by atoms with Crippen LogP contribution in [0.3, 0.4) is 0 Å². The summed E-state index contributed by atoms with van der Waals surface area (Å²) < 4.78 is 13.9. The van der Waals surface area contributed by atoms with Crippen LogP contribution in [0.5, 0.6) is 5.75 Å². The molecule has 0 amide bonds. The van der Waals surface area contributed by atoms with Gasteiger partial charge in [0.05, 0.1) is 5.69 Å². The molecule has 1 aliphatic carbocycles. The van der Waals surface area contributed by atoms with E-state index in [4.69, 9.17) is 5.73 Å². The number of nitrogens with zero attached hydrogens (tertiary/aromatic N) is 1. The molecule has 7 heteroatoms. The van der Waals surface area contributed by atoms with Crippen LogP contribution in [0.1, 0.15) is 43.7 Å². The number of halogens is 3. The fraction of sp³-hybridized carbons (Fsp3) is 0.647. The SMILES string of the molecule is Cl.Cl.Nc1cc(F)cc([C@H](C2CCCCC2)N2CCNCC2)c1O. The fourth-order valence-corrected chi connectivity index (χ4v) is 4.03. The molecule has 2 aliphatic rings. The number of phenols is 1. The van der Waals surface area contributed by atoms with E-state index in [1.165, 1.54) is 31.4 Å². The van der Waals surface area contributed by atoms with E-state index in [-0.39, 0.29) is 48.1 Å². The average molecular weight is 380 g/mol. The maximum absolute atomic E-state index is 13.9. The highest BCUT2D eigenvalue weighted by atomic mass is 35.5. The molecule has 0 aromatic heterocycles. The molecule has 4 N–H and O–H groups in total. The molecule has 1 aromatic rings. The third kappa shape index (κ3) is 4.66. The molecule has 1 aliphatic heterocycles. The normalized spacial score (nSPS) is 20.7. The molecule has 3 rings (SSSR count). The van der Waals surface area contributed by atoms with Crippen LogP contribution in [0.2, 0.25) is 0 Å². The van der Waals surface area contributed by atoms with E-state index in [1.54, 1.807) is 0 Å². The molecule has 1 saturated carbocycles. The van der Waals surface area contributed by atoms with Gasteiger partial charge < -0.3 is 16.2 Å². The van der Waals surface area contributed by atoms with Crippen LogP contribution >= 0.6 is 24.8 Å². The van der Waals surface area contributed by atoms with Gasteiger partial charge in [-0.2, -0.15) is 0 Å². The number of rotatable bonds is 3. The predicted octanol–water partition coefficient (Wildman–Crippen LogP) is 3.48. The van der Waals surface area contributed by atoms with Crippen LogP contribution in [-0.2, 0) is 0 Å². The van der Waals surface area contributed by atoms with Crippen LogP contribution in [0.25, 0.3) is 0 Å². The number of nitrogens with two attached hydrogens (primary N) is 1. The summed E-state index contributed by atoms with van der Waals surface area (Å²) in [7, 11) is 0. The Hall–Kier alpha value is -0.750. The average Bonchev–Trinajstić information content (AvgIpc) is 2.54. The summed E-state index contributed by atoms with van der Waals surface area (Å²) in [4.78, 5) is 2.39. The summed E-state index contributed by atoms with van der Waals surface area (Å²) in [5, 5.41) is 13.8. The predicted molar refractivity (Wildman–Crippen MR) is 101 cm³/mol. The molecule has 24 heavy (non-hydrogen) atoms. The summed E-state index contributed by atoms with van der Waals surface area (Å²) in [5.74, 6) is 0.177. The second-order valence-electron chi connectivity index (χ2n) is 6.56. The summed E-state index contributed by atoms with van der Waals surface area (Å²) >= 11 is 0. The zero-order chi connectivity index (χ0) is 15.5. The van der Waals surface area contributed by atoms with Gasteiger partial charge in [-0.1, -0.05) is 19.3 Å². The summed E-state index contributed by atoms with van der Waals surface area (Å²) in [6.45, 7) is 3.73. The number of nitrogen functional groups attached to an aromatic ring is 1. The Morgan fingerprint density at radius 2 is 1.75 bits per heavy atom. The molecule has 0 bridgehead atoms. The molecule has 0 unspecified atom stereocenters. The lowest BCUT2D eigenvalue weighted by Gasteiger charge is -2.41. The van der Waals surface area contributed by atoms with Gasteiger partial charge in [-0.15, -0.1) is 24.8 Å². The van der Waals surface area contributed by atoms with Crippen molar-refractivity contribution in [1.29, 1.82) is 0 Å². The standard InChI is InChI=1S/C17H26FN3O.2ClH/c18-13-10-14(17(22)15(19)11-13)16(12-4-2-1-3-5-12)21-8-6-20-7-9-21;;/h10-12,16,20,22H,1-9,19H2;2*1H/t16-;;/m0../s1. The lowest BCUT2D eigenvalue weighted by atomic mass is 9.79. The van der Waals surface area contributed by atoms with Crippen LogP contribution in [0, 0.1) is 11.7 Å². The topological polar surface area (TPSA) is 61.5 Å². The number of aromatic hydroxyl groups is 1. The van der Waals surface area contributed by atoms with Gasteiger partial charge in [-0.05, 0) is 24.8 Å². The van der Waals surface area contributed by atoms with Gasteiger partial charge in [0.1, 0.15) is 11.6 Å². The minimum absolute atomic E-state index is 0. The first-order valence-electron chi connectivity index (χ1n) is 8.39. The molecular weight excluding hydrogens is 352 g/mol. The maximum Gasteiger partial charge on any atom is 0.143 e. The smallest absolute Gasteiger partial charge is 0.143 e. The summed E-state index contributed by atoms with van der Waals surface area (Å²) in [5.41, 5.74) is 6.61. The van der Waals surface area contributed by atoms with E-state index in [9.17, 15) is 9.50 Å². The first-order chi connectivity index (χ1) is 10.7. The Bertz CT molecular complexity index is 503. The minimum Gasteiger partial charge on any atom is -0.505 e. The number of piperazine rings is 1. The van der Waals surface area contributed by atoms with Crippen molar-refractivity contribution in [3.63, 3.8) is 0 Å². The van der Waals surface area contributed by atoms with Gasteiger partial charge in [0.25, 0.3) is 0 Å². The second kappa shape index (κ2) is 9.66. The number of hydrogen-bond acceptors (Lipinski definition) is 4. The molecule has 1 saturated heterocycles. The molecule has 1 aromatic carbocycles. The van der Waals surface area contributed by atoms with Gasteiger partial charge in [0.2, 0.25) is 0 Å². The van der Waals surface area contributed by atoms with Crippen molar-refractivity contribution >= 4 is 30.5 Å². The quantitative estimate of drug-likeness (QED) is 0.555. The summed E-state index contributed by atoms with van der Waals surface area (Å²) in [6.07, 6.45) is 6.01. The van der Waals surface area contributed by atoms with Crippen LogP contribution in [0.4, 0.5) is 10.1 Å². The lowest BCUT2D eigenvalue weighted by Crippen LogP contribution is -2.47. The first kappa shape index (κ1) is 21.3. The number of anilines is 1. The van der Waals surface area contributed by atoms with Crippen molar-refractivity contribution in [1.82, 2.24) is 10.2 Å². The van der Waals surface area contributed by atoms with Gasteiger partial charge in [-0.3, -0.25) is 4.90 Å². The number of phenolic OH excluding ortho intramolecular Hbond substituents is 1. The molecule has 1 heterocycles. The van der Waals surface area contributed by atoms with Crippen molar-refractivity contribution in [2.24, 2.45) is 5.92 Å². The van der Waals surface area contributed by atoms with Crippen molar-refractivity contribution in [2.75, 3.05) is 31.9 Å². The van der Waals surface area contributed by atoms with Crippen molar-refractivity contribution < 1.29 is 9.50 Å². The van der Waals surface area contributed by atoms with E-state index in [1.807, 2.05) is 0 Å². The zero-order valence-electron chi connectivity index (χ0n) is 13.8. The van der Waals surface area contributed by atoms with E-state index in [2.05, 4.69) is 10.2 Å². The molecule has 0 spiro atoms. The third-order valence-electron chi connectivity index (χ3n) is 5.09. The molecule has 0 radical (unpaired) electrons. The summed E-state index contributed by atoms with van der Waals surface area (Å²) in [6, 6.07) is 2.75. The van der Waals surface area contributed by atoms with Gasteiger partial charge in [-0.25, -0.2) is 4.39 Å². The van der Waals surface area contributed by atoms with Crippen LogP contribution in [0.15, 0.2) is 12.1 Å². The van der Waals surface area contributed by atoms with Crippen molar-refractivity contribution in [3.05, 3.63) is 23.5 Å². The van der Waals surface area contributed by atoms with Gasteiger partial charge in [0.15, 0.2) is 0 Å². The second-order valence-corrected chi connectivity index (χ2v) is 6.56. The van der Waals surface area contributed by atoms with E-state index in [0.29, 0.717) is 11.5 Å². The number of hydrogen-bond donors (Lipinski definition) is 3. The molecule has 138 valence electrons. The number of benzene rings is 1.